The molecule has 0 aliphatic carbocycles. The Morgan fingerprint density at radius 3 is 2.68 bits per heavy atom. The summed E-state index contributed by atoms with van der Waals surface area (Å²) >= 11 is 2.44. The molecule has 19 heavy (non-hydrogen) atoms. The standard InChI is InChI=1S/C17H12IN/c1-10-6-7-12-11(8-10)9-14(18)16-13-4-2-3-5-15(13)19-17(12)16/h2-9,19H,1H3. The van der Waals surface area contributed by atoms with E-state index in [0.717, 1.165) is 0 Å². The normalized spacial score (nSPS) is 11.7. The Hall–Kier alpha value is -1.55. The number of fused-ring (bicyclic) bond motifs is 5. The third-order valence-electron chi connectivity index (χ3n) is 3.70. The van der Waals surface area contributed by atoms with Gasteiger partial charge < -0.3 is 4.98 Å². The summed E-state index contributed by atoms with van der Waals surface area (Å²) in [6, 6.07) is 17.5. The minimum Gasteiger partial charge on any atom is -0.354 e. The number of H-pyrrole nitrogens is 1. The van der Waals surface area contributed by atoms with E-state index >= 15 is 0 Å². The average molecular weight is 357 g/mol. The summed E-state index contributed by atoms with van der Waals surface area (Å²) in [6.07, 6.45) is 0. The van der Waals surface area contributed by atoms with Crippen LogP contribution in [-0.4, -0.2) is 4.98 Å². The summed E-state index contributed by atoms with van der Waals surface area (Å²) in [5, 5.41) is 5.26. The third kappa shape index (κ3) is 1.59. The Kier molecular flexibility index (Phi) is 2.36. The minimum absolute atomic E-state index is 1.21. The second kappa shape index (κ2) is 3.97. The number of hydrogen-bond acceptors (Lipinski definition) is 0. The van der Waals surface area contributed by atoms with Gasteiger partial charge in [-0.2, -0.15) is 0 Å². The molecule has 1 heterocycles. The van der Waals surface area contributed by atoms with Crippen LogP contribution in [0.3, 0.4) is 0 Å². The van der Waals surface area contributed by atoms with Gasteiger partial charge >= 0.3 is 0 Å². The predicted octanol–water partition coefficient (Wildman–Crippen LogP) is 5.39. The van der Waals surface area contributed by atoms with E-state index in [4.69, 9.17) is 0 Å². The van der Waals surface area contributed by atoms with Crippen molar-refractivity contribution in [3.63, 3.8) is 0 Å². The Bertz CT molecular complexity index is 934. The zero-order valence-corrected chi connectivity index (χ0v) is 12.7. The molecule has 0 radical (unpaired) electrons. The highest BCUT2D eigenvalue weighted by Gasteiger charge is 2.10. The zero-order chi connectivity index (χ0) is 13.0. The van der Waals surface area contributed by atoms with Crippen molar-refractivity contribution in [3.05, 3.63) is 57.7 Å². The first-order valence-corrected chi connectivity index (χ1v) is 7.41. The maximum absolute atomic E-state index is 3.58. The number of para-hydroxylation sites is 1. The molecule has 0 unspecified atom stereocenters. The number of aryl methyl sites for hydroxylation is 1. The van der Waals surface area contributed by atoms with Gasteiger partial charge in [-0.1, -0.05) is 42.0 Å². The Morgan fingerprint density at radius 1 is 0.947 bits per heavy atom. The van der Waals surface area contributed by atoms with Crippen molar-refractivity contribution in [2.24, 2.45) is 0 Å². The Labute approximate surface area is 124 Å². The first-order valence-electron chi connectivity index (χ1n) is 6.33. The van der Waals surface area contributed by atoms with Crippen LogP contribution in [0.5, 0.6) is 0 Å². The van der Waals surface area contributed by atoms with Crippen LogP contribution < -0.4 is 0 Å². The van der Waals surface area contributed by atoms with E-state index in [1.165, 1.54) is 41.7 Å². The maximum atomic E-state index is 3.58. The van der Waals surface area contributed by atoms with E-state index in [2.05, 4.69) is 83.0 Å². The number of aromatic nitrogens is 1. The number of nitrogens with one attached hydrogen (secondary N) is 1. The van der Waals surface area contributed by atoms with Gasteiger partial charge in [-0.3, -0.25) is 0 Å². The molecule has 1 N–H and O–H groups in total. The van der Waals surface area contributed by atoms with E-state index in [9.17, 15) is 0 Å². The molecule has 1 aromatic heterocycles. The molecule has 0 saturated heterocycles. The summed E-state index contributed by atoms with van der Waals surface area (Å²) in [7, 11) is 0. The van der Waals surface area contributed by atoms with Crippen molar-refractivity contribution in [3.8, 4) is 0 Å². The molecule has 0 bridgehead atoms. The highest BCUT2D eigenvalue weighted by molar-refractivity contribution is 14.1. The van der Waals surface area contributed by atoms with Gasteiger partial charge in [-0.25, -0.2) is 0 Å². The Morgan fingerprint density at radius 2 is 1.79 bits per heavy atom. The van der Waals surface area contributed by atoms with E-state index in [1.54, 1.807) is 0 Å². The molecular formula is C17H12IN. The predicted molar refractivity (Wildman–Crippen MR) is 90.8 cm³/mol. The summed E-state index contributed by atoms with van der Waals surface area (Å²) in [4.78, 5) is 3.58. The van der Waals surface area contributed by atoms with Crippen molar-refractivity contribution < 1.29 is 0 Å². The monoisotopic (exact) mass is 357 g/mol. The lowest BCUT2D eigenvalue weighted by Crippen LogP contribution is -1.81. The van der Waals surface area contributed by atoms with E-state index in [0.29, 0.717) is 0 Å². The molecule has 1 nitrogen and oxygen atoms in total. The van der Waals surface area contributed by atoms with Gasteiger partial charge in [0.25, 0.3) is 0 Å². The van der Waals surface area contributed by atoms with Gasteiger partial charge in [0.1, 0.15) is 0 Å². The van der Waals surface area contributed by atoms with Crippen LogP contribution in [0.25, 0.3) is 32.6 Å². The van der Waals surface area contributed by atoms with Crippen molar-refractivity contribution in [1.82, 2.24) is 4.98 Å². The van der Waals surface area contributed by atoms with Gasteiger partial charge in [-0.05, 0) is 47.0 Å². The number of aromatic amines is 1. The van der Waals surface area contributed by atoms with Gasteiger partial charge in [0, 0.05) is 25.2 Å². The molecule has 92 valence electrons. The summed E-state index contributed by atoms with van der Waals surface area (Å²) in [6.45, 7) is 2.14. The topological polar surface area (TPSA) is 15.8 Å². The zero-order valence-electron chi connectivity index (χ0n) is 10.5. The highest BCUT2D eigenvalue weighted by atomic mass is 127. The van der Waals surface area contributed by atoms with Gasteiger partial charge in [0.2, 0.25) is 0 Å². The average Bonchev–Trinajstić information content (AvgIpc) is 2.78. The molecule has 0 aliphatic heterocycles. The van der Waals surface area contributed by atoms with E-state index in [1.807, 2.05) is 0 Å². The number of benzene rings is 3. The highest BCUT2D eigenvalue weighted by Crippen LogP contribution is 2.35. The molecule has 2 heteroatoms. The summed E-state index contributed by atoms with van der Waals surface area (Å²) in [5.74, 6) is 0. The molecule has 3 aromatic carbocycles. The first-order chi connectivity index (χ1) is 9.24. The van der Waals surface area contributed by atoms with Crippen LogP contribution in [0, 0.1) is 10.5 Å². The van der Waals surface area contributed by atoms with Crippen LogP contribution in [0.1, 0.15) is 5.56 Å². The SMILES string of the molecule is Cc1ccc2c(c1)cc(I)c1c3ccccc3[nH]c21. The third-order valence-corrected chi connectivity index (χ3v) is 4.55. The number of rotatable bonds is 0. The van der Waals surface area contributed by atoms with Crippen LogP contribution in [0.15, 0.2) is 48.5 Å². The molecule has 0 amide bonds. The largest absolute Gasteiger partial charge is 0.354 e. The number of halogens is 1. The van der Waals surface area contributed by atoms with Crippen molar-refractivity contribution >= 4 is 55.2 Å². The fourth-order valence-corrected chi connectivity index (χ4v) is 3.73. The molecule has 4 aromatic rings. The fourth-order valence-electron chi connectivity index (χ4n) is 2.83. The van der Waals surface area contributed by atoms with Gasteiger partial charge in [0.15, 0.2) is 0 Å². The molecular weight excluding hydrogens is 345 g/mol. The first kappa shape index (κ1) is 11.3. The van der Waals surface area contributed by atoms with Crippen LogP contribution >= 0.6 is 22.6 Å². The second-order valence-corrected chi connectivity index (χ2v) is 6.17. The maximum Gasteiger partial charge on any atom is 0.0555 e. The van der Waals surface area contributed by atoms with Crippen molar-refractivity contribution in [1.29, 1.82) is 0 Å². The van der Waals surface area contributed by atoms with Gasteiger partial charge in [0.05, 0.1) is 5.52 Å². The van der Waals surface area contributed by atoms with Crippen LogP contribution in [0.2, 0.25) is 0 Å². The molecule has 0 aliphatic rings. The molecule has 0 atom stereocenters. The van der Waals surface area contributed by atoms with Crippen molar-refractivity contribution in [2.75, 3.05) is 0 Å². The molecule has 0 fully saturated rings. The summed E-state index contributed by atoms with van der Waals surface area (Å²) < 4.78 is 1.31. The fraction of sp³-hybridized carbons (Fsp3) is 0.0588. The van der Waals surface area contributed by atoms with E-state index in [-0.39, 0.29) is 0 Å². The Balaban J connectivity index is 2.33. The summed E-state index contributed by atoms with van der Waals surface area (Å²) in [5.41, 5.74) is 3.77. The van der Waals surface area contributed by atoms with Crippen LogP contribution in [-0.2, 0) is 0 Å². The lowest BCUT2D eigenvalue weighted by atomic mass is 10.0. The molecule has 4 rings (SSSR count). The quantitative estimate of drug-likeness (QED) is 0.406. The smallest absolute Gasteiger partial charge is 0.0555 e. The number of hydrogen-bond donors (Lipinski definition) is 1. The van der Waals surface area contributed by atoms with E-state index < -0.39 is 0 Å². The second-order valence-electron chi connectivity index (χ2n) is 5.00. The molecule has 0 spiro atoms. The lowest BCUT2D eigenvalue weighted by Gasteiger charge is -2.04. The minimum atomic E-state index is 1.21. The van der Waals surface area contributed by atoms with Crippen molar-refractivity contribution in [2.45, 2.75) is 6.92 Å². The lowest BCUT2D eigenvalue weighted by molar-refractivity contribution is 1.50. The molecule has 0 saturated carbocycles. The van der Waals surface area contributed by atoms with Gasteiger partial charge in [-0.15, -0.1) is 0 Å². The van der Waals surface area contributed by atoms with Crippen LogP contribution in [0.4, 0.5) is 0 Å².